The van der Waals surface area contributed by atoms with Crippen LogP contribution < -0.4 is 15.4 Å². The van der Waals surface area contributed by atoms with Gasteiger partial charge in [-0.2, -0.15) is 18.3 Å². The number of aromatic nitrogens is 2. The first-order chi connectivity index (χ1) is 18.3. The van der Waals surface area contributed by atoms with E-state index in [1.165, 1.54) is 0 Å². The Morgan fingerprint density at radius 2 is 2.08 bits per heavy atom. The summed E-state index contributed by atoms with van der Waals surface area (Å²) in [5.74, 6) is -0.547. The maximum Gasteiger partial charge on any atom is 0.389 e. The summed E-state index contributed by atoms with van der Waals surface area (Å²) in [4.78, 5) is 26.0. The summed E-state index contributed by atoms with van der Waals surface area (Å²) in [5, 5.41) is 10.4. The highest BCUT2D eigenvalue weighted by atomic mass is 32.2. The van der Waals surface area contributed by atoms with Crippen molar-refractivity contribution in [3.63, 3.8) is 0 Å². The third-order valence-corrected chi connectivity index (χ3v) is 8.24. The van der Waals surface area contributed by atoms with Gasteiger partial charge in [-0.15, -0.1) is 0 Å². The van der Waals surface area contributed by atoms with Crippen LogP contribution in [0.4, 0.5) is 19.0 Å². The summed E-state index contributed by atoms with van der Waals surface area (Å²) >= 11 is 0. The molecule has 2 amide bonds. The van der Waals surface area contributed by atoms with E-state index in [2.05, 4.69) is 10.6 Å². The summed E-state index contributed by atoms with van der Waals surface area (Å²) in [6.45, 7) is 0.452. The molecule has 0 unspecified atom stereocenters. The van der Waals surface area contributed by atoms with Crippen LogP contribution in [0.3, 0.4) is 0 Å². The van der Waals surface area contributed by atoms with Gasteiger partial charge in [-0.1, -0.05) is 18.9 Å². The van der Waals surface area contributed by atoms with Gasteiger partial charge in [0.2, 0.25) is 5.91 Å². The van der Waals surface area contributed by atoms with Crippen LogP contribution >= 0.6 is 0 Å². The van der Waals surface area contributed by atoms with Gasteiger partial charge in [0.1, 0.15) is 22.9 Å². The van der Waals surface area contributed by atoms with E-state index in [0.29, 0.717) is 43.2 Å². The average Bonchev–Trinajstić information content (AvgIpc) is 3.51. The Kier molecular flexibility index (Phi) is 7.15. The summed E-state index contributed by atoms with van der Waals surface area (Å²) in [6.07, 6.45) is 0.466. The predicted molar refractivity (Wildman–Crippen MR) is 136 cm³/mol. The molecule has 1 fully saturated rings. The fourth-order valence-electron chi connectivity index (χ4n) is 5.48. The summed E-state index contributed by atoms with van der Waals surface area (Å²) < 4.78 is 67.6. The van der Waals surface area contributed by atoms with E-state index in [9.17, 15) is 31.2 Å². The van der Waals surface area contributed by atoms with E-state index in [-0.39, 0.29) is 24.4 Å². The maximum absolute atomic E-state index is 13.5. The van der Waals surface area contributed by atoms with E-state index in [1.54, 1.807) is 10.7 Å². The van der Waals surface area contributed by atoms with Crippen LogP contribution in [0.1, 0.15) is 65.7 Å². The van der Waals surface area contributed by atoms with Gasteiger partial charge in [-0.05, 0) is 54.9 Å². The second-order valence-corrected chi connectivity index (χ2v) is 13.0. The normalized spacial score (nSPS) is 20.5. The Morgan fingerprint density at radius 1 is 1.31 bits per heavy atom. The molecule has 1 saturated carbocycles. The molecule has 1 spiro atoms. The third kappa shape index (κ3) is 6.39. The number of fused-ring (bicyclic) bond motifs is 3. The molecule has 3 aliphatic rings. The molecule has 5 rings (SSSR count). The SMILES string of the molecule is CS(=O)(=O)CC(=O)Nc1c2c(nn1CCC1CC1)C[C@]1(CCc3cc(OCCCC(F)(F)F)ccc31)NC2=O. The monoisotopic (exact) mass is 568 g/mol. The number of carbonyl (C=O) groups excluding carboxylic acids is 2. The number of amides is 2. The number of alkyl halides is 3. The predicted octanol–water partition coefficient (Wildman–Crippen LogP) is 3.52. The van der Waals surface area contributed by atoms with Crippen LogP contribution in [0.25, 0.3) is 0 Å². The molecule has 2 N–H and O–H groups in total. The molecule has 0 saturated heterocycles. The van der Waals surface area contributed by atoms with Gasteiger partial charge in [0.15, 0.2) is 9.84 Å². The molecule has 2 heterocycles. The Morgan fingerprint density at radius 3 is 2.77 bits per heavy atom. The first kappa shape index (κ1) is 27.5. The fourth-order valence-corrected chi connectivity index (χ4v) is 6.03. The number of anilines is 1. The van der Waals surface area contributed by atoms with Gasteiger partial charge >= 0.3 is 6.18 Å². The molecule has 0 radical (unpaired) electrons. The molecule has 1 aromatic heterocycles. The van der Waals surface area contributed by atoms with Crippen molar-refractivity contribution in [1.82, 2.24) is 15.1 Å². The number of nitrogens with one attached hydrogen (secondary N) is 2. The minimum atomic E-state index is -4.22. The lowest BCUT2D eigenvalue weighted by atomic mass is 9.82. The largest absolute Gasteiger partial charge is 0.494 e. The van der Waals surface area contributed by atoms with Crippen molar-refractivity contribution in [2.24, 2.45) is 5.92 Å². The zero-order chi connectivity index (χ0) is 28.0. The smallest absolute Gasteiger partial charge is 0.389 e. The molecule has 2 aliphatic carbocycles. The molecule has 1 atom stereocenters. The van der Waals surface area contributed by atoms with Crippen LogP contribution in [-0.4, -0.2) is 54.8 Å². The number of sulfone groups is 1. The molecule has 0 bridgehead atoms. The number of benzene rings is 1. The molecule has 1 aromatic carbocycles. The van der Waals surface area contributed by atoms with E-state index in [0.717, 1.165) is 36.6 Å². The minimum absolute atomic E-state index is 0.0460. The number of rotatable bonds is 10. The topological polar surface area (TPSA) is 119 Å². The van der Waals surface area contributed by atoms with E-state index >= 15 is 0 Å². The second kappa shape index (κ2) is 10.1. The Balaban J connectivity index is 1.37. The lowest BCUT2D eigenvalue weighted by Gasteiger charge is -2.35. The number of carbonyl (C=O) groups is 2. The Bertz CT molecular complexity index is 1400. The summed E-state index contributed by atoms with van der Waals surface area (Å²) in [5.41, 5.74) is 1.92. The van der Waals surface area contributed by atoms with Crippen molar-refractivity contribution in [1.29, 1.82) is 0 Å². The van der Waals surface area contributed by atoms with Gasteiger partial charge in [0.05, 0.1) is 17.8 Å². The molecular weight excluding hydrogens is 537 g/mol. The molecular formula is C26H31F3N4O5S. The Hall–Kier alpha value is -3.09. The number of halogens is 3. The summed E-state index contributed by atoms with van der Waals surface area (Å²) in [7, 11) is -3.56. The third-order valence-electron chi connectivity index (χ3n) is 7.46. The lowest BCUT2D eigenvalue weighted by Crippen LogP contribution is -2.49. The van der Waals surface area contributed by atoms with Crippen molar-refractivity contribution in [3.8, 4) is 5.75 Å². The molecule has 1 aliphatic heterocycles. The van der Waals surface area contributed by atoms with Crippen LogP contribution in [0.15, 0.2) is 18.2 Å². The maximum atomic E-state index is 13.5. The van der Waals surface area contributed by atoms with Crippen molar-refractivity contribution >= 4 is 27.5 Å². The van der Waals surface area contributed by atoms with Crippen molar-refractivity contribution in [2.75, 3.05) is 23.9 Å². The molecule has 9 nitrogen and oxygen atoms in total. The first-order valence-corrected chi connectivity index (χ1v) is 15.1. The van der Waals surface area contributed by atoms with Crippen LogP contribution in [-0.2, 0) is 39.6 Å². The van der Waals surface area contributed by atoms with Crippen LogP contribution in [0.5, 0.6) is 5.75 Å². The highest BCUT2D eigenvalue weighted by molar-refractivity contribution is 7.91. The fraction of sp³-hybridized carbons (Fsp3) is 0.577. The van der Waals surface area contributed by atoms with Gasteiger partial charge in [-0.25, -0.2) is 13.1 Å². The van der Waals surface area contributed by atoms with E-state index < -0.39 is 45.5 Å². The van der Waals surface area contributed by atoms with Gasteiger partial charge < -0.3 is 15.4 Å². The quantitative estimate of drug-likeness (QED) is 0.424. The van der Waals surface area contributed by atoms with Crippen molar-refractivity contribution in [2.45, 2.75) is 69.6 Å². The molecule has 39 heavy (non-hydrogen) atoms. The standard InChI is InChI=1S/C26H31F3N4O5S/c1-39(36,37)15-21(34)30-23-22-20(32-33(23)11-8-16-3-4-16)14-25(31-24(22)35)10-7-17-13-18(5-6-19(17)25)38-12-2-9-26(27,28)29/h5-6,13,16H,2-4,7-12,14-15H2,1H3,(H,30,34)(H,31,35)/t25-/m0/s1. The Labute approximate surface area is 224 Å². The van der Waals surface area contributed by atoms with Crippen molar-refractivity contribution in [3.05, 3.63) is 40.6 Å². The summed E-state index contributed by atoms with van der Waals surface area (Å²) in [6, 6.07) is 5.35. The second-order valence-electron chi connectivity index (χ2n) is 10.8. The number of ether oxygens (including phenoxy) is 1. The minimum Gasteiger partial charge on any atom is -0.494 e. The number of aryl methyl sites for hydroxylation is 2. The lowest BCUT2D eigenvalue weighted by molar-refractivity contribution is -0.136. The average molecular weight is 569 g/mol. The van der Waals surface area contributed by atoms with Crippen molar-refractivity contribution < 1.29 is 35.9 Å². The molecule has 13 heteroatoms. The highest BCUT2D eigenvalue weighted by Crippen LogP contribution is 2.44. The van der Waals surface area contributed by atoms with Crippen LogP contribution in [0.2, 0.25) is 0 Å². The van der Waals surface area contributed by atoms with E-state index in [4.69, 9.17) is 9.84 Å². The van der Waals surface area contributed by atoms with Gasteiger partial charge in [0, 0.05) is 25.6 Å². The number of nitrogens with zero attached hydrogens (tertiary/aromatic N) is 2. The number of hydrogen-bond donors (Lipinski definition) is 2. The highest BCUT2D eigenvalue weighted by Gasteiger charge is 2.46. The zero-order valence-corrected chi connectivity index (χ0v) is 22.4. The molecule has 212 valence electrons. The van der Waals surface area contributed by atoms with Crippen LogP contribution in [0, 0.1) is 5.92 Å². The van der Waals surface area contributed by atoms with E-state index in [1.807, 2.05) is 12.1 Å². The van der Waals surface area contributed by atoms with Gasteiger partial charge in [-0.3, -0.25) is 9.59 Å². The number of hydrogen-bond acceptors (Lipinski definition) is 6. The molecule has 2 aromatic rings. The first-order valence-electron chi connectivity index (χ1n) is 13.0. The zero-order valence-electron chi connectivity index (χ0n) is 21.6. The van der Waals surface area contributed by atoms with Gasteiger partial charge in [0.25, 0.3) is 5.91 Å².